The molecular weight excluding hydrogens is 372 g/mol. The molecule has 0 unspecified atom stereocenters. The summed E-state index contributed by atoms with van der Waals surface area (Å²) in [5, 5.41) is 20.6. The Morgan fingerprint density at radius 2 is 2.12 bits per heavy atom. The molecule has 4 rings (SSSR count). The van der Waals surface area contributed by atoms with E-state index < -0.39 is 5.54 Å². The molecule has 2 N–H and O–H groups in total. The van der Waals surface area contributed by atoms with Crippen LogP contribution in [0.1, 0.15) is 12.8 Å². The lowest BCUT2D eigenvalue weighted by molar-refractivity contribution is -0.126. The maximum absolute atomic E-state index is 13.1. The Hall–Kier alpha value is -2.29. The predicted octanol–water partition coefficient (Wildman–Crippen LogP) is 2.77. The van der Waals surface area contributed by atoms with Crippen LogP contribution in [0.15, 0.2) is 42.7 Å². The van der Waals surface area contributed by atoms with E-state index in [1.165, 1.54) is 11.3 Å². The Balaban J connectivity index is 1.57. The second-order valence-electron chi connectivity index (χ2n) is 6.11. The molecule has 1 fully saturated rings. The van der Waals surface area contributed by atoms with E-state index in [-0.39, 0.29) is 5.91 Å². The zero-order valence-electron chi connectivity index (χ0n) is 13.9. The molecule has 26 heavy (non-hydrogen) atoms. The second kappa shape index (κ2) is 7.14. The first kappa shape index (κ1) is 17.1. The van der Waals surface area contributed by atoms with E-state index in [2.05, 4.69) is 25.9 Å². The van der Waals surface area contributed by atoms with Gasteiger partial charge in [0.05, 0.1) is 0 Å². The molecule has 3 aromatic rings. The number of nitrogens with one attached hydrogen (secondary N) is 2. The molecule has 134 valence electrons. The van der Waals surface area contributed by atoms with E-state index in [1.54, 1.807) is 16.9 Å². The van der Waals surface area contributed by atoms with Gasteiger partial charge in [0.1, 0.15) is 10.5 Å². The highest BCUT2D eigenvalue weighted by Crippen LogP contribution is 2.31. The van der Waals surface area contributed by atoms with Crippen molar-refractivity contribution in [1.82, 2.24) is 25.3 Å². The fraction of sp³-hybridized carbons (Fsp3) is 0.294. The quantitative estimate of drug-likeness (QED) is 0.717. The Bertz CT molecular complexity index is 904. The molecular formula is C17H17ClN6OS. The molecule has 0 atom stereocenters. The van der Waals surface area contributed by atoms with Crippen molar-refractivity contribution in [2.45, 2.75) is 18.4 Å². The number of aromatic nitrogens is 4. The van der Waals surface area contributed by atoms with Gasteiger partial charge in [-0.05, 0) is 44.1 Å². The van der Waals surface area contributed by atoms with Crippen molar-refractivity contribution in [3.8, 4) is 10.6 Å². The number of benzene rings is 1. The van der Waals surface area contributed by atoms with Gasteiger partial charge >= 0.3 is 0 Å². The molecule has 7 nitrogen and oxygen atoms in total. The molecule has 1 aliphatic heterocycles. The average molecular weight is 389 g/mol. The molecule has 0 bridgehead atoms. The SMILES string of the molecule is O=C(Nc1nnc(-c2cccc(Cl)c2)s1)C1(n2cccn2)CCNCC1. The minimum Gasteiger partial charge on any atom is -0.317 e. The predicted molar refractivity (Wildman–Crippen MR) is 101 cm³/mol. The number of halogens is 1. The van der Waals surface area contributed by atoms with Crippen molar-refractivity contribution in [3.05, 3.63) is 47.7 Å². The van der Waals surface area contributed by atoms with Crippen LogP contribution >= 0.6 is 22.9 Å². The summed E-state index contributed by atoms with van der Waals surface area (Å²) in [6.07, 6.45) is 4.86. The summed E-state index contributed by atoms with van der Waals surface area (Å²) in [5.74, 6) is -0.114. The van der Waals surface area contributed by atoms with Gasteiger partial charge in [-0.3, -0.25) is 14.8 Å². The Morgan fingerprint density at radius 1 is 1.27 bits per heavy atom. The van der Waals surface area contributed by atoms with Crippen molar-refractivity contribution in [1.29, 1.82) is 0 Å². The molecule has 1 saturated heterocycles. The van der Waals surface area contributed by atoms with Gasteiger partial charge in [0, 0.05) is 23.0 Å². The van der Waals surface area contributed by atoms with E-state index in [0.717, 1.165) is 18.7 Å². The molecule has 0 aliphatic carbocycles. The van der Waals surface area contributed by atoms with Crippen LogP contribution in [0.2, 0.25) is 5.02 Å². The van der Waals surface area contributed by atoms with Crippen LogP contribution in [0.5, 0.6) is 0 Å². The molecule has 9 heteroatoms. The monoisotopic (exact) mass is 388 g/mol. The molecule has 0 radical (unpaired) electrons. The first-order valence-electron chi connectivity index (χ1n) is 8.29. The maximum atomic E-state index is 13.1. The Morgan fingerprint density at radius 3 is 2.85 bits per heavy atom. The fourth-order valence-corrected chi connectivity index (χ4v) is 4.07. The number of piperidine rings is 1. The van der Waals surface area contributed by atoms with Gasteiger partial charge in [0.25, 0.3) is 5.91 Å². The fourth-order valence-electron chi connectivity index (χ4n) is 3.15. The van der Waals surface area contributed by atoms with Crippen LogP contribution in [0.4, 0.5) is 5.13 Å². The van der Waals surface area contributed by atoms with E-state index in [9.17, 15) is 4.79 Å². The van der Waals surface area contributed by atoms with E-state index in [4.69, 9.17) is 11.6 Å². The lowest BCUT2D eigenvalue weighted by atomic mass is 9.87. The first-order valence-corrected chi connectivity index (χ1v) is 9.49. The van der Waals surface area contributed by atoms with Crippen LogP contribution in [0.3, 0.4) is 0 Å². The van der Waals surface area contributed by atoms with Gasteiger partial charge in [0.2, 0.25) is 5.13 Å². The Kier molecular flexibility index (Phi) is 4.71. The van der Waals surface area contributed by atoms with Crippen LogP contribution in [0.25, 0.3) is 10.6 Å². The molecule has 1 amide bonds. The maximum Gasteiger partial charge on any atom is 0.254 e. The van der Waals surface area contributed by atoms with Crippen LogP contribution in [0, 0.1) is 0 Å². The number of anilines is 1. The van der Waals surface area contributed by atoms with Gasteiger partial charge in [-0.25, -0.2) is 0 Å². The highest BCUT2D eigenvalue weighted by atomic mass is 35.5. The number of nitrogens with zero attached hydrogens (tertiary/aromatic N) is 4. The van der Waals surface area contributed by atoms with Gasteiger partial charge in [-0.1, -0.05) is 35.1 Å². The summed E-state index contributed by atoms with van der Waals surface area (Å²) in [7, 11) is 0. The number of carbonyl (C=O) groups excluding carboxylic acids is 1. The summed E-state index contributed by atoms with van der Waals surface area (Å²) >= 11 is 7.36. The smallest absolute Gasteiger partial charge is 0.254 e. The first-order chi connectivity index (χ1) is 12.7. The van der Waals surface area contributed by atoms with Crippen molar-refractivity contribution in [2.24, 2.45) is 0 Å². The third-order valence-corrected chi connectivity index (χ3v) is 5.64. The van der Waals surface area contributed by atoms with Crippen LogP contribution in [-0.4, -0.2) is 39.0 Å². The summed E-state index contributed by atoms with van der Waals surface area (Å²) in [5.41, 5.74) is 0.163. The minimum atomic E-state index is -0.712. The summed E-state index contributed by atoms with van der Waals surface area (Å²) in [6, 6.07) is 9.24. The molecule has 0 spiro atoms. The summed E-state index contributed by atoms with van der Waals surface area (Å²) in [6.45, 7) is 1.52. The lowest BCUT2D eigenvalue weighted by Gasteiger charge is -2.36. The third kappa shape index (κ3) is 3.23. The standard InChI is InChI=1S/C17H17ClN6OS/c18-13-4-1-3-12(11-13)14-22-23-16(26-14)21-15(25)17(5-8-19-9-6-17)24-10-2-7-20-24/h1-4,7,10-11,19H,5-6,8-9H2,(H,21,23,25). The van der Waals surface area contributed by atoms with Crippen molar-refractivity contribution in [3.63, 3.8) is 0 Å². The number of rotatable bonds is 4. The van der Waals surface area contributed by atoms with Crippen molar-refractivity contribution >= 4 is 34.0 Å². The van der Waals surface area contributed by atoms with E-state index >= 15 is 0 Å². The molecule has 3 heterocycles. The molecule has 1 aromatic carbocycles. The summed E-state index contributed by atoms with van der Waals surface area (Å²) < 4.78 is 1.75. The normalized spacial score (nSPS) is 16.3. The number of hydrogen-bond acceptors (Lipinski definition) is 6. The highest BCUT2D eigenvalue weighted by Gasteiger charge is 2.42. The lowest BCUT2D eigenvalue weighted by Crippen LogP contribution is -2.52. The molecule has 0 saturated carbocycles. The number of carbonyl (C=O) groups is 1. The van der Waals surface area contributed by atoms with Gasteiger partial charge < -0.3 is 5.32 Å². The summed E-state index contributed by atoms with van der Waals surface area (Å²) in [4.78, 5) is 13.1. The van der Waals surface area contributed by atoms with Crippen LogP contribution < -0.4 is 10.6 Å². The van der Waals surface area contributed by atoms with Crippen molar-refractivity contribution in [2.75, 3.05) is 18.4 Å². The van der Waals surface area contributed by atoms with E-state index in [1.807, 2.05) is 30.5 Å². The molecule has 2 aromatic heterocycles. The zero-order valence-corrected chi connectivity index (χ0v) is 15.4. The molecule has 1 aliphatic rings. The second-order valence-corrected chi connectivity index (χ2v) is 7.52. The van der Waals surface area contributed by atoms with Gasteiger partial charge in [0.15, 0.2) is 0 Å². The number of hydrogen-bond donors (Lipinski definition) is 2. The largest absolute Gasteiger partial charge is 0.317 e. The van der Waals surface area contributed by atoms with E-state index in [0.29, 0.717) is 28.0 Å². The van der Waals surface area contributed by atoms with Gasteiger partial charge in [-0.2, -0.15) is 5.10 Å². The minimum absolute atomic E-state index is 0.114. The van der Waals surface area contributed by atoms with Crippen LogP contribution in [-0.2, 0) is 10.3 Å². The number of amides is 1. The zero-order chi connectivity index (χ0) is 18.0. The topological polar surface area (TPSA) is 84.7 Å². The Labute approximate surface area is 159 Å². The average Bonchev–Trinajstić information content (AvgIpc) is 3.34. The third-order valence-electron chi connectivity index (χ3n) is 4.51. The highest BCUT2D eigenvalue weighted by molar-refractivity contribution is 7.18. The van der Waals surface area contributed by atoms with Gasteiger partial charge in [-0.15, -0.1) is 10.2 Å². The van der Waals surface area contributed by atoms with Crippen molar-refractivity contribution < 1.29 is 4.79 Å².